The number of allylic oxidation sites excluding steroid dienone is 1. The van der Waals surface area contributed by atoms with Gasteiger partial charge < -0.3 is 36.5 Å². The monoisotopic (exact) mass is 742 g/mol. The van der Waals surface area contributed by atoms with Crippen molar-refractivity contribution in [3.05, 3.63) is 102 Å². The van der Waals surface area contributed by atoms with Crippen LogP contribution in [0.3, 0.4) is 0 Å². The average molecular weight is 743 g/mol. The summed E-state index contributed by atoms with van der Waals surface area (Å²) in [6, 6.07) is 16.2. The van der Waals surface area contributed by atoms with E-state index in [1.165, 1.54) is 12.7 Å². The summed E-state index contributed by atoms with van der Waals surface area (Å²) in [6.07, 6.45) is 12.2. The molecule has 12 heteroatoms. The fraction of sp³-hybridized carbons (Fsp3) is 0.500. The molecule has 0 bridgehead atoms. The first-order valence-electron chi connectivity index (χ1n) is 19.3. The standard InChI is InChI=1S/C42H58N6O6/c1-29(2)33(19-12-20-39(50)44-22-21-30-13-6-3-7-14-30)25-38(49)35(23-31-15-8-4-9-16-31)46-41(52)37(26-34-27-43-28-45-34)47-40(51)36(48-42(53)54)24-32-17-10-5-11-18-32/h3,5-7,10-14,17-18,20,27-29,31,33,35-38,48-49H,4,8-9,15-16,19,21-26H2,1-2H3,(H,43,45)(H,44,50)(H,46,52)(H,47,51)(H,53,54)/t33-,35-,36-,37-,38-/m0/s1. The Labute approximate surface area is 319 Å². The molecule has 4 rings (SSSR count). The van der Waals surface area contributed by atoms with Gasteiger partial charge in [0, 0.05) is 31.3 Å². The third kappa shape index (κ3) is 14.8. The first kappa shape index (κ1) is 41.8. The van der Waals surface area contributed by atoms with Gasteiger partial charge in [0.15, 0.2) is 0 Å². The van der Waals surface area contributed by atoms with E-state index in [0.717, 1.165) is 43.2 Å². The number of nitrogens with one attached hydrogen (secondary N) is 5. The predicted molar refractivity (Wildman–Crippen MR) is 208 cm³/mol. The van der Waals surface area contributed by atoms with E-state index in [1.807, 2.05) is 54.6 Å². The van der Waals surface area contributed by atoms with Crippen LogP contribution in [0.4, 0.5) is 4.79 Å². The summed E-state index contributed by atoms with van der Waals surface area (Å²) in [5, 5.41) is 32.5. The number of benzene rings is 2. The van der Waals surface area contributed by atoms with Crippen molar-refractivity contribution < 1.29 is 29.4 Å². The Morgan fingerprint density at radius 2 is 1.52 bits per heavy atom. The highest BCUT2D eigenvalue weighted by Crippen LogP contribution is 2.30. The molecule has 1 heterocycles. The second-order valence-corrected chi connectivity index (χ2v) is 14.9. The van der Waals surface area contributed by atoms with Crippen LogP contribution in [0.5, 0.6) is 0 Å². The predicted octanol–water partition coefficient (Wildman–Crippen LogP) is 5.10. The fourth-order valence-corrected chi connectivity index (χ4v) is 7.18. The van der Waals surface area contributed by atoms with Gasteiger partial charge in [-0.25, -0.2) is 9.78 Å². The number of carbonyl (C=O) groups is 4. The topological polar surface area (TPSA) is 186 Å². The molecule has 54 heavy (non-hydrogen) atoms. The summed E-state index contributed by atoms with van der Waals surface area (Å²) in [7, 11) is 0. The molecule has 0 unspecified atom stereocenters. The van der Waals surface area contributed by atoms with Gasteiger partial charge in [-0.1, -0.05) is 113 Å². The van der Waals surface area contributed by atoms with Gasteiger partial charge in [0.25, 0.3) is 0 Å². The van der Waals surface area contributed by atoms with Crippen molar-refractivity contribution in [3.8, 4) is 0 Å². The number of aliphatic hydroxyl groups is 1. The number of aromatic amines is 1. The van der Waals surface area contributed by atoms with Crippen LogP contribution in [0.25, 0.3) is 0 Å². The molecule has 0 spiro atoms. The summed E-state index contributed by atoms with van der Waals surface area (Å²) in [5.74, 6) is -0.689. The largest absolute Gasteiger partial charge is 0.465 e. The number of carbonyl (C=O) groups excluding carboxylic acids is 3. The van der Waals surface area contributed by atoms with Crippen LogP contribution in [0, 0.1) is 17.8 Å². The number of amides is 4. The van der Waals surface area contributed by atoms with Crippen molar-refractivity contribution in [1.29, 1.82) is 0 Å². The first-order chi connectivity index (χ1) is 26.1. The lowest BCUT2D eigenvalue weighted by Gasteiger charge is -2.33. The number of hydrogen-bond acceptors (Lipinski definition) is 6. The van der Waals surface area contributed by atoms with Crippen molar-refractivity contribution in [2.24, 2.45) is 17.8 Å². The van der Waals surface area contributed by atoms with Gasteiger partial charge in [0.2, 0.25) is 17.7 Å². The minimum atomic E-state index is -1.35. The van der Waals surface area contributed by atoms with Gasteiger partial charge in [-0.2, -0.15) is 0 Å². The molecule has 0 saturated heterocycles. The van der Waals surface area contributed by atoms with Crippen LogP contribution in [0.2, 0.25) is 0 Å². The van der Waals surface area contributed by atoms with Crippen LogP contribution in [0.1, 0.15) is 82.0 Å². The molecule has 4 amide bonds. The maximum atomic E-state index is 14.1. The number of H-pyrrole nitrogens is 1. The number of aromatic nitrogens is 2. The van der Waals surface area contributed by atoms with Crippen LogP contribution in [0.15, 0.2) is 85.3 Å². The number of rotatable bonds is 21. The molecule has 1 aliphatic rings. The van der Waals surface area contributed by atoms with Gasteiger partial charge in [-0.15, -0.1) is 0 Å². The van der Waals surface area contributed by atoms with Crippen LogP contribution >= 0.6 is 0 Å². The molecule has 0 aliphatic heterocycles. The smallest absolute Gasteiger partial charge is 0.405 e. The molecule has 7 N–H and O–H groups in total. The summed E-state index contributed by atoms with van der Waals surface area (Å²) in [5.41, 5.74) is 2.53. The highest BCUT2D eigenvalue weighted by molar-refractivity contribution is 5.91. The fourth-order valence-electron chi connectivity index (χ4n) is 7.18. The second-order valence-electron chi connectivity index (χ2n) is 14.9. The van der Waals surface area contributed by atoms with Crippen molar-refractivity contribution in [3.63, 3.8) is 0 Å². The molecule has 1 aromatic heterocycles. The number of carboxylic acid groups (broad SMARTS) is 1. The highest BCUT2D eigenvalue weighted by Gasteiger charge is 2.33. The summed E-state index contributed by atoms with van der Waals surface area (Å²) >= 11 is 0. The SMILES string of the molecule is CC(C)[C@@H](CC=CC(=O)NCCc1ccccc1)C[C@H](O)[C@H](CC1CCCCC1)NC(=O)[C@H](Cc1cnc[nH]1)NC(=O)[C@H](Cc1ccccc1)NC(=O)O. The number of hydrogen-bond donors (Lipinski definition) is 7. The molecule has 3 aromatic rings. The van der Waals surface area contributed by atoms with Gasteiger partial charge in [-0.3, -0.25) is 14.4 Å². The number of imidazole rings is 1. The Morgan fingerprint density at radius 3 is 2.15 bits per heavy atom. The Morgan fingerprint density at radius 1 is 0.870 bits per heavy atom. The van der Waals surface area contributed by atoms with E-state index in [0.29, 0.717) is 37.4 Å². The quantitative estimate of drug-likeness (QED) is 0.0741. The maximum absolute atomic E-state index is 14.1. The molecule has 1 saturated carbocycles. The van der Waals surface area contributed by atoms with Gasteiger partial charge in [-0.05, 0) is 60.6 Å². The minimum Gasteiger partial charge on any atom is -0.465 e. The molecule has 2 aromatic carbocycles. The van der Waals surface area contributed by atoms with E-state index in [9.17, 15) is 29.4 Å². The van der Waals surface area contributed by atoms with E-state index >= 15 is 0 Å². The molecule has 1 aliphatic carbocycles. The lowest BCUT2D eigenvalue weighted by Crippen LogP contribution is -2.57. The van der Waals surface area contributed by atoms with Crippen LogP contribution in [-0.4, -0.2) is 74.8 Å². The zero-order chi connectivity index (χ0) is 38.7. The third-order valence-corrected chi connectivity index (χ3v) is 10.4. The second kappa shape index (κ2) is 22.3. The van der Waals surface area contributed by atoms with Crippen molar-refractivity contribution in [2.45, 2.75) is 109 Å². The Balaban J connectivity index is 1.44. The molecule has 0 radical (unpaired) electrons. The van der Waals surface area contributed by atoms with Gasteiger partial charge in [0.1, 0.15) is 12.1 Å². The average Bonchev–Trinajstić information content (AvgIpc) is 3.68. The molecular formula is C42H58N6O6. The number of aliphatic hydroxyl groups excluding tert-OH is 1. The first-order valence-corrected chi connectivity index (χ1v) is 19.3. The van der Waals surface area contributed by atoms with Gasteiger partial charge >= 0.3 is 6.09 Å². The van der Waals surface area contributed by atoms with Crippen LogP contribution in [-0.2, 0) is 33.6 Å². The lowest BCUT2D eigenvalue weighted by molar-refractivity contribution is -0.131. The van der Waals surface area contributed by atoms with Crippen molar-refractivity contribution >= 4 is 23.8 Å². The van der Waals surface area contributed by atoms with E-state index in [2.05, 4.69) is 45.1 Å². The van der Waals surface area contributed by atoms with Crippen molar-refractivity contribution in [1.82, 2.24) is 31.2 Å². The zero-order valence-corrected chi connectivity index (χ0v) is 31.6. The highest BCUT2D eigenvalue weighted by atomic mass is 16.4. The molecule has 1 fully saturated rings. The summed E-state index contributed by atoms with van der Waals surface area (Å²) < 4.78 is 0. The number of nitrogens with zero attached hydrogens (tertiary/aromatic N) is 1. The van der Waals surface area contributed by atoms with Crippen LogP contribution < -0.4 is 21.3 Å². The Hall–Kier alpha value is -4.97. The maximum Gasteiger partial charge on any atom is 0.405 e. The van der Waals surface area contributed by atoms with E-state index in [1.54, 1.807) is 24.4 Å². The normalized spacial score (nSPS) is 16.2. The Kier molecular flexibility index (Phi) is 17.2. The minimum absolute atomic E-state index is 0.0421. The molecule has 5 atom stereocenters. The summed E-state index contributed by atoms with van der Waals surface area (Å²) in [6.45, 7) is 4.72. The lowest BCUT2D eigenvalue weighted by atomic mass is 9.80. The van der Waals surface area contributed by atoms with E-state index in [-0.39, 0.29) is 30.6 Å². The van der Waals surface area contributed by atoms with Crippen molar-refractivity contribution in [2.75, 3.05) is 6.54 Å². The van der Waals surface area contributed by atoms with E-state index < -0.39 is 42.1 Å². The molecule has 12 nitrogen and oxygen atoms in total. The zero-order valence-electron chi connectivity index (χ0n) is 31.6. The molecule has 292 valence electrons. The Bertz CT molecular complexity index is 1590. The van der Waals surface area contributed by atoms with Gasteiger partial charge in [0.05, 0.1) is 18.5 Å². The third-order valence-electron chi connectivity index (χ3n) is 10.4. The molecular weight excluding hydrogens is 684 g/mol. The van der Waals surface area contributed by atoms with E-state index in [4.69, 9.17) is 0 Å². The summed E-state index contributed by atoms with van der Waals surface area (Å²) in [4.78, 5) is 59.0.